The summed E-state index contributed by atoms with van der Waals surface area (Å²) in [5, 5.41) is 18.9. The molecule has 0 atom stereocenters. The Morgan fingerprint density at radius 1 is 1.42 bits per heavy atom. The predicted molar refractivity (Wildman–Crippen MR) is 69.0 cm³/mol. The van der Waals surface area contributed by atoms with Crippen LogP contribution < -0.4 is 4.74 Å². The SMILES string of the molecule is COc1c(-c2nncn2C(C)C)cccc1[N+](=O)[O-]. The van der Waals surface area contributed by atoms with Crippen molar-refractivity contribution in [1.82, 2.24) is 14.8 Å². The molecule has 1 heterocycles. The van der Waals surface area contributed by atoms with E-state index in [9.17, 15) is 10.1 Å². The molecule has 0 aliphatic rings. The van der Waals surface area contributed by atoms with Crippen molar-refractivity contribution in [3.63, 3.8) is 0 Å². The van der Waals surface area contributed by atoms with Gasteiger partial charge in [-0.3, -0.25) is 10.1 Å². The van der Waals surface area contributed by atoms with E-state index < -0.39 is 4.92 Å². The summed E-state index contributed by atoms with van der Waals surface area (Å²) in [7, 11) is 1.40. The Morgan fingerprint density at radius 2 is 2.16 bits per heavy atom. The summed E-state index contributed by atoms with van der Waals surface area (Å²) in [5.41, 5.74) is 0.473. The number of aromatic nitrogens is 3. The van der Waals surface area contributed by atoms with E-state index in [4.69, 9.17) is 4.74 Å². The molecule has 100 valence electrons. The number of ether oxygens (including phenoxy) is 1. The van der Waals surface area contributed by atoms with E-state index in [2.05, 4.69) is 10.2 Å². The second-order valence-corrected chi connectivity index (χ2v) is 4.27. The maximum Gasteiger partial charge on any atom is 0.311 e. The van der Waals surface area contributed by atoms with Crippen molar-refractivity contribution in [1.29, 1.82) is 0 Å². The second kappa shape index (κ2) is 5.05. The van der Waals surface area contributed by atoms with Gasteiger partial charge in [-0.25, -0.2) is 0 Å². The average molecular weight is 262 g/mol. The number of methoxy groups -OCH3 is 1. The molecular weight excluding hydrogens is 248 g/mol. The van der Waals surface area contributed by atoms with Crippen LogP contribution in [0.1, 0.15) is 19.9 Å². The minimum atomic E-state index is -0.474. The van der Waals surface area contributed by atoms with Crippen LogP contribution in [0.15, 0.2) is 24.5 Å². The highest BCUT2D eigenvalue weighted by atomic mass is 16.6. The standard InChI is InChI=1S/C12H14N4O3/c1-8(2)15-7-13-14-12(15)9-5-4-6-10(16(17)18)11(9)19-3/h4-8H,1-3H3. The van der Waals surface area contributed by atoms with Crippen LogP contribution >= 0.6 is 0 Å². The average Bonchev–Trinajstić information content (AvgIpc) is 2.86. The van der Waals surface area contributed by atoms with Gasteiger partial charge in [0.2, 0.25) is 5.75 Å². The number of benzene rings is 1. The van der Waals surface area contributed by atoms with Gasteiger partial charge in [-0.1, -0.05) is 6.07 Å². The molecule has 0 spiro atoms. The van der Waals surface area contributed by atoms with E-state index in [-0.39, 0.29) is 17.5 Å². The van der Waals surface area contributed by atoms with Gasteiger partial charge < -0.3 is 9.30 Å². The lowest BCUT2D eigenvalue weighted by molar-refractivity contribution is -0.385. The van der Waals surface area contributed by atoms with Gasteiger partial charge in [-0.05, 0) is 19.9 Å². The largest absolute Gasteiger partial charge is 0.490 e. The Hall–Kier alpha value is -2.44. The van der Waals surface area contributed by atoms with Crippen LogP contribution in [-0.2, 0) is 0 Å². The summed E-state index contributed by atoms with van der Waals surface area (Å²) < 4.78 is 7.01. The third kappa shape index (κ3) is 2.26. The van der Waals surface area contributed by atoms with Crippen molar-refractivity contribution < 1.29 is 9.66 Å². The summed E-state index contributed by atoms with van der Waals surface area (Å²) in [6.07, 6.45) is 1.60. The molecule has 2 rings (SSSR count). The molecule has 7 heteroatoms. The molecule has 0 radical (unpaired) electrons. The molecule has 0 saturated heterocycles. The highest BCUT2D eigenvalue weighted by molar-refractivity contribution is 5.71. The van der Waals surface area contributed by atoms with E-state index in [1.54, 1.807) is 18.5 Å². The molecule has 2 aromatic rings. The molecular formula is C12H14N4O3. The zero-order chi connectivity index (χ0) is 14.0. The summed E-state index contributed by atoms with van der Waals surface area (Å²) in [5.74, 6) is 0.748. The van der Waals surface area contributed by atoms with Crippen LogP contribution in [0, 0.1) is 10.1 Å². The number of hydrogen-bond acceptors (Lipinski definition) is 5. The molecule has 0 fully saturated rings. The zero-order valence-electron chi connectivity index (χ0n) is 10.9. The minimum Gasteiger partial charge on any atom is -0.490 e. The Bertz CT molecular complexity index is 607. The first-order chi connectivity index (χ1) is 9.06. The molecule has 1 aromatic heterocycles. The van der Waals surface area contributed by atoms with Crippen LogP contribution in [0.2, 0.25) is 0 Å². The molecule has 0 aliphatic heterocycles. The van der Waals surface area contributed by atoms with Crippen molar-refractivity contribution in [3.05, 3.63) is 34.6 Å². The zero-order valence-corrected chi connectivity index (χ0v) is 10.9. The quantitative estimate of drug-likeness (QED) is 0.624. The van der Waals surface area contributed by atoms with Gasteiger partial charge in [-0.15, -0.1) is 10.2 Å². The van der Waals surface area contributed by atoms with E-state index in [1.165, 1.54) is 13.2 Å². The maximum absolute atomic E-state index is 11.0. The van der Waals surface area contributed by atoms with Gasteiger partial charge in [0, 0.05) is 12.1 Å². The third-order valence-electron chi connectivity index (χ3n) is 2.77. The van der Waals surface area contributed by atoms with Gasteiger partial charge in [0.25, 0.3) is 0 Å². The van der Waals surface area contributed by atoms with E-state index in [1.807, 2.05) is 18.4 Å². The Labute approximate surface area is 110 Å². The number of nitro benzene ring substituents is 1. The lowest BCUT2D eigenvalue weighted by Gasteiger charge is -2.12. The van der Waals surface area contributed by atoms with Crippen LogP contribution in [0.5, 0.6) is 5.75 Å². The molecule has 7 nitrogen and oxygen atoms in total. The minimum absolute atomic E-state index is 0.0849. The maximum atomic E-state index is 11.0. The molecule has 0 aliphatic carbocycles. The van der Waals surface area contributed by atoms with Crippen LogP contribution in [-0.4, -0.2) is 26.8 Å². The molecule has 0 unspecified atom stereocenters. The summed E-state index contributed by atoms with van der Waals surface area (Å²) >= 11 is 0. The van der Waals surface area contributed by atoms with Crippen molar-refractivity contribution in [2.75, 3.05) is 7.11 Å². The number of rotatable bonds is 4. The van der Waals surface area contributed by atoms with Crippen molar-refractivity contribution in [3.8, 4) is 17.1 Å². The van der Waals surface area contributed by atoms with Gasteiger partial charge in [0.1, 0.15) is 6.33 Å². The molecule has 0 saturated carbocycles. The van der Waals surface area contributed by atoms with Crippen LogP contribution in [0.3, 0.4) is 0 Å². The van der Waals surface area contributed by atoms with Crippen molar-refractivity contribution in [2.24, 2.45) is 0 Å². The van der Waals surface area contributed by atoms with E-state index >= 15 is 0 Å². The molecule has 0 amide bonds. The topological polar surface area (TPSA) is 83.1 Å². The Balaban J connectivity index is 2.65. The van der Waals surface area contributed by atoms with E-state index in [0.717, 1.165) is 0 Å². The van der Waals surface area contributed by atoms with Gasteiger partial charge >= 0.3 is 5.69 Å². The fourth-order valence-electron chi connectivity index (χ4n) is 1.87. The fraction of sp³-hybridized carbons (Fsp3) is 0.333. The molecule has 1 aromatic carbocycles. The highest BCUT2D eigenvalue weighted by Crippen LogP contribution is 2.37. The van der Waals surface area contributed by atoms with Gasteiger partial charge in [0.05, 0.1) is 17.6 Å². The Kier molecular flexibility index (Phi) is 3.46. The number of nitro groups is 1. The number of nitrogens with zero attached hydrogens (tertiary/aromatic N) is 4. The highest BCUT2D eigenvalue weighted by Gasteiger charge is 2.22. The third-order valence-corrected chi connectivity index (χ3v) is 2.77. The normalized spacial score (nSPS) is 10.7. The lowest BCUT2D eigenvalue weighted by Crippen LogP contribution is -2.04. The molecule has 0 bridgehead atoms. The molecule has 19 heavy (non-hydrogen) atoms. The van der Waals surface area contributed by atoms with Crippen molar-refractivity contribution >= 4 is 5.69 Å². The summed E-state index contributed by atoms with van der Waals surface area (Å²) in [4.78, 5) is 10.5. The summed E-state index contributed by atoms with van der Waals surface area (Å²) in [6, 6.07) is 4.89. The van der Waals surface area contributed by atoms with Gasteiger partial charge in [0.15, 0.2) is 5.82 Å². The monoisotopic (exact) mass is 262 g/mol. The fourth-order valence-corrected chi connectivity index (χ4v) is 1.87. The Morgan fingerprint density at radius 3 is 2.74 bits per heavy atom. The number of para-hydroxylation sites is 1. The first-order valence-corrected chi connectivity index (χ1v) is 5.77. The smallest absolute Gasteiger partial charge is 0.311 e. The second-order valence-electron chi connectivity index (χ2n) is 4.27. The van der Waals surface area contributed by atoms with Gasteiger partial charge in [-0.2, -0.15) is 0 Å². The van der Waals surface area contributed by atoms with Crippen LogP contribution in [0.25, 0.3) is 11.4 Å². The van der Waals surface area contributed by atoms with Crippen LogP contribution in [0.4, 0.5) is 5.69 Å². The predicted octanol–water partition coefficient (Wildman–Crippen LogP) is 2.44. The first-order valence-electron chi connectivity index (χ1n) is 5.77. The van der Waals surface area contributed by atoms with E-state index in [0.29, 0.717) is 11.4 Å². The first kappa shape index (κ1) is 13.0. The lowest BCUT2D eigenvalue weighted by atomic mass is 10.1. The number of hydrogen-bond donors (Lipinski definition) is 0. The summed E-state index contributed by atoms with van der Waals surface area (Å²) in [6.45, 7) is 3.97. The van der Waals surface area contributed by atoms with Crippen molar-refractivity contribution in [2.45, 2.75) is 19.9 Å². The molecule has 0 N–H and O–H groups in total.